The molecule has 204 valence electrons. The van der Waals surface area contributed by atoms with Crippen molar-refractivity contribution in [2.45, 2.75) is 26.2 Å². The zero-order valence-electron chi connectivity index (χ0n) is 21.1. The minimum absolute atomic E-state index is 0.00393. The lowest BCUT2D eigenvalue weighted by molar-refractivity contribution is -0.139. The summed E-state index contributed by atoms with van der Waals surface area (Å²) >= 11 is 0. The third-order valence-corrected chi connectivity index (χ3v) is 5.56. The first-order valence-electron chi connectivity index (χ1n) is 11.9. The topological polar surface area (TPSA) is 152 Å². The normalized spacial score (nSPS) is 17.5. The van der Waals surface area contributed by atoms with E-state index in [4.69, 9.17) is 24.4 Å². The number of ether oxygens (including phenoxy) is 4. The zero-order valence-corrected chi connectivity index (χ0v) is 21.1. The van der Waals surface area contributed by atoms with Crippen molar-refractivity contribution < 1.29 is 48.3 Å². The fourth-order valence-electron chi connectivity index (χ4n) is 3.43. The summed E-state index contributed by atoms with van der Waals surface area (Å²) in [6.07, 6.45) is 3.82. The number of rotatable bonds is 12. The van der Waals surface area contributed by atoms with Crippen LogP contribution in [0, 0.1) is 0 Å². The maximum Gasteiger partial charge on any atom is 0.332 e. The summed E-state index contributed by atoms with van der Waals surface area (Å²) in [5.74, 6) is -3.40. The second kappa shape index (κ2) is 18.5. The molecule has 2 fully saturated rings. The van der Waals surface area contributed by atoms with Gasteiger partial charge in [-0.3, -0.25) is 9.80 Å². The van der Waals surface area contributed by atoms with E-state index in [9.17, 15) is 19.2 Å². The van der Waals surface area contributed by atoms with Crippen LogP contribution in [0.1, 0.15) is 26.2 Å². The average Bonchev–Trinajstić information content (AvgIpc) is 2.88. The van der Waals surface area contributed by atoms with Gasteiger partial charge in [0.25, 0.3) is 0 Å². The third kappa shape index (κ3) is 13.9. The highest BCUT2D eigenvalue weighted by Gasteiger charge is 2.17. The summed E-state index contributed by atoms with van der Waals surface area (Å²) in [7, 11) is 1.25. The Labute approximate surface area is 211 Å². The smallest absolute Gasteiger partial charge is 0.332 e. The molecule has 12 nitrogen and oxygen atoms in total. The number of morpholine rings is 2. The standard InChI is InChI=1S/2C12H19NO5/c1-16-11(14)3-4-12(15)18-8-2-5-13-6-9-17-10-7-13;1-9(11(14)15)10(12(16)17)3-2-4-13-5-7-18-8-6-13/h3-4H,2,5-10H2,1H3;2-8H2,1H3,(H,14,15)(H,16,17). The van der Waals surface area contributed by atoms with E-state index in [0.717, 1.165) is 71.1 Å². The van der Waals surface area contributed by atoms with Crippen LogP contribution in [-0.4, -0.2) is 123 Å². The summed E-state index contributed by atoms with van der Waals surface area (Å²) in [6, 6.07) is 0. The van der Waals surface area contributed by atoms with Gasteiger partial charge in [-0.05, 0) is 32.7 Å². The Bertz CT molecular complexity index is 769. The Morgan fingerprint density at radius 2 is 1.31 bits per heavy atom. The summed E-state index contributed by atoms with van der Waals surface area (Å²) in [4.78, 5) is 48.1. The molecule has 0 amide bonds. The first-order chi connectivity index (χ1) is 17.2. The largest absolute Gasteiger partial charge is 0.478 e. The van der Waals surface area contributed by atoms with Crippen molar-refractivity contribution in [3.8, 4) is 0 Å². The van der Waals surface area contributed by atoms with Gasteiger partial charge in [-0.1, -0.05) is 0 Å². The number of hydrogen-bond acceptors (Lipinski definition) is 10. The Balaban J connectivity index is 0.000000360. The van der Waals surface area contributed by atoms with Crippen molar-refractivity contribution in [2.24, 2.45) is 0 Å². The van der Waals surface area contributed by atoms with E-state index in [2.05, 4.69) is 14.5 Å². The fourth-order valence-corrected chi connectivity index (χ4v) is 3.43. The number of carbonyl (C=O) groups excluding carboxylic acids is 2. The molecule has 0 aliphatic carbocycles. The summed E-state index contributed by atoms with van der Waals surface area (Å²) < 4.78 is 19.7. The van der Waals surface area contributed by atoms with Crippen LogP contribution in [0.2, 0.25) is 0 Å². The molecule has 2 N–H and O–H groups in total. The van der Waals surface area contributed by atoms with Gasteiger partial charge in [0, 0.05) is 56.0 Å². The Morgan fingerprint density at radius 1 is 0.806 bits per heavy atom. The first-order valence-corrected chi connectivity index (χ1v) is 11.9. The van der Waals surface area contributed by atoms with Crippen molar-refractivity contribution in [1.82, 2.24) is 9.80 Å². The van der Waals surface area contributed by atoms with Gasteiger partial charge in [-0.2, -0.15) is 0 Å². The van der Waals surface area contributed by atoms with Crippen LogP contribution in [0.15, 0.2) is 23.3 Å². The average molecular weight is 515 g/mol. The monoisotopic (exact) mass is 514 g/mol. The lowest BCUT2D eigenvalue weighted by Gasteiger charge is -2.26. The molecule has 0 saturated carbocycles. The van der Waals surface area contributed by atoms with Gasteiger partial charge in [-0.25, -0.2) is 19.2 Å². The molecule has 0 atom stereocenters. The number of methoxy groups -OCH3 is 1. The maximum absolute atomic E-state index is 11.2. The SMILES string of the molecule is CC(C(=O)O)=C(CCCN1CCOCC1)C(=O)O.COC(=O)C=CC(=O)OCCCN1CCOCC1. The van der Waals surface area contributed by atoms with E-state index in [0.29, 0.717) is 26.2 Å². The van der Waals surface area contributed by atoms with Crippen LogP contribution in [0.4, 0.5) is 0 Å². The lowest BCUT2D eigenvalue weighted by atomic mass is 10.0. The molecule has 0 unspecified atom stereocenters. The van der Waals surface area contributed by atoms with Gasteiger partial charge in [-0.15, -0.1) is 0 Å². The molecule has 2 aliphatic heterocycles. The summed E-state index contributed by atoms with van der Waals surface area (Å²) in [5.41, 5.74) is -0.0831. The number of aliphatic carboxylic acids is 2. The molecule has 0 aromatic rings. The molecule has 0 aromatic carbocycles. The van der Waals surface area contributed by atoms with Crippen molar-refractivity contribution >= 4 is 23.9 Å². The van der Waals surface area contributed by atoms with Crippen molar-refractivity contribution in [3.63, 3.8) is 0 Å². The highest BCUT2D eigenvalue weighted by atomic mass is 16.5. The number of carbonyl (C=O) groups is 4. The molecule has 0 radical (unpaired) electrons. The molecule has 0 aromatic heterocycles. The summed E-state index contributed by atoms with van der Waals surface area (Å²) in [6.45, 7) is 9.84. The minimum Gasteiger partial charge on any atom is -0.478 e. The van der Waals surface area contributed by atoms with Gasteiger partial charge >= 0.3 is 23.9 Å². The van der Waals surface area contributed by atoms with Crippen molar-refractivity contribution in [1.29, 1.82) is 0 Å². The predicted octanol–water partition coefficient (Wildman–Crippen LogP) is 0.566. The van der Waals surface area contributed by atoms with Crippen LogP contribution in [0.3, 0.4) is 0 Å². The molecule has 0 spiro atoms. The Hall–Kier alpha value is -2.80. The molecule has 0 bridgehead atoms. The van der Waals surface area contributed by atoms with Crippen LogP contribution < -0.4 is 0 Å². The van der Waals surface area contributed by atoms with E-state index < -0.39 is 23.9 Å². The molecule has 12 heteroatoms. The van der Waals surface area contributed by atoms with E-state index in [1.165, 1.54) is 14.0 Å². The fraction of sp³-hybridized carbons (Fsp3) is 0.667. The Morgan fingerprint density at radius 3 is 1.78 bits per heavy atom. The number of carboxylic acid groups (broad SMARTS) is 2. The van der Waals surface area contributed by atoms with Crippen molar-refractivity contribution in [2.75, 3.05) is 79.4 Å². The highest BCUT2D eigenvalue weighted by molar-refractivity contribution is 5.98. The second-order valence-corrected chi connectivity index (χ2v) is 8.10. The summed E-state index contributed by atoms with van der Waals surface area (Å²) in [5, 5.41) is 17.8. The van der Waals surface area contributed by atoms with E-state index in [1.54, 1.807) is 0 Å². The lowest BCUT2D eigenvalue weighted by Crippen LogP contribution is -2.37. The second-order valence-electron chi connectivity index (χ2n) is 8.10. The van der Waals surface area contributed by atoms with Gasteiger partial charge < -0.3 is 29.2 Å². The molecular weight excluding hydrogens is 476 g/mol. The van der Waals surface area contributed by atoms with E-state index in [-0.39, 0.29) is 17.6 Å². The molecule has 2 saturated heterocycles. The Kier molecular flexibility index (Phi) is 16.0. The third-order valence-electron chi connectivity index (χ3n) is 5.56. The van der Waals surface area contributed by atoms with Crippen LogP contribution in [-0.2, 0) is 38.1 Å². The number of carboxylic acids is 2. The van der Waals surface area contributed by atoms with Gasteiger partial charge in [0.2, 0.25) is 0 Å². The van der Waals surface area contributed by atoms with Crippen LogP contribution >= 0.6 is 0 Å². The quantitative estimate of drug-likeness (QED) is 0.213. The molecule has 36 heavy (non-hydrogen) atoms. The van der Waals surface area contributed by atoms with Gasteiger partial charge in [0.05, 0.1) is 40.1 Å². The van der Waals surface area contributed by atoms with Gasteiger partial charge in [0.1, 0.15) is 0 Å². The maximum atomic E-state index is 11.2. The molecular formula is C24H38N2O10. The number of nitrogens with zero attached hydrogens (tertiary/aromatic N) is 2. The van der Waals surface area contributed by atoms with E-state index in [1.807, 2.05) is 0 Å². The van der Waals surface area contributed by atoms with Crippen LogP contribution in [0.5, 0.6) is 0 Å². The molecule has 2 aliphatic rings. The number of hydrogen-bond donors (Lipinski definition) is 2. The number of esters is 2. The van der Waals surface area contributed by atoms with Crippen LogP contribution in [0.25, 0.3) is 0 Å². The predicted molar refractivity (Wildman–Crippen MR) is 128 cm³/mol. The molecule has 2 heterocycles. The van der Waals surface area contributed by atoms with E-state index >= 15 is 0 Å². The molecule has 2 rings (SSSR count). The van der Waals surface area contributed by atoms with Gasteiger partial charge in [0.15, 0.2) is 0 Å². The van der Waals surface area contributed by atoms with Crippen molar-refractivity contribution in [3.05, 3.63) is 23.3 Å². The highest BCUT2D eigenvalue weighted by Crippen LogP contribution is 2.13. The minimum atomic E-state index is -1.17. The first kappa shape index (κ1) is 31.2. The zero-order chi connectivity index (χ0) is 26.8.